The average molecular weight is 390 g/mol. The summed E-state index contributed by atoms with van der Waals surface area (Å²) in [5, 5.41) is 4.94. The van der Waals surface area contributed by atoms with Gasteiger partial charge in [-0.15, -0.1) is 11.3 Å². The smallest absolute Gasteiger partial charge is 0.271 e. The van der Waals surface area contributed by atoms with Crippen molar-refractivity contribution in [3.63, 3.8) is 0 Å². The highest BCUT2D eigenvalue weighted by molar-refractivity contribution is 7.94. The molecule has 0 saturated heterocycles. The van der Waals surface area contributed by atoms with Gasteiger partial charge in [-0.2, -0.15) is 0 Å². The van der Waals surface area contributed by atoms with E-state index in [1.165, 1.54) is 17.5 Å². The van der Waals surface area contributed by atoms with Crippen molar-refractivity contribution in [3.8, 4) is 5.75 Å². The highest BCUT2D eigenvalue weighted by Gasteiger charge is 2.15. The first kappa shape index (κ1) is 18.2. The Morgan fingerprint density at radius 3 is 2.65 bits per heavy atom. The van der Waals surface area contributed by atoms with Gasteiger partial charge in [0.2, 0.25) is 0 Å². The van der Waals surface area contributed by atoms with Crippen LogP contribution in [0.2, 0.25) is 0 Å². The number of nitrogens with one attached hydrogen (secondary N) is 2. The molecule has 136 valence electrons. The maximum atomic E-state index is 12.2. The van der Waals surface area contributed by atoms with Crippen LogP contribution in [0.5, 0.6) is 5.75 Å². The molecule has 0 aliphatic rings. The van der Waals surface area contributed by atoms with Gasteiger partial charge in [0.05, 0.1) is 19.0 Å². The number of pyridine rings is 1. The van der Waals surface area contributed by atoms with Crippen LogP contribution in [-0.4, -0.2) is 27.1 Å². The first-order chi connectivity index (χ1) is 12.6. The summed E-state index contributed by atoms with van der Waals surface area (Å²) in [6, 6.07) is 14.6. The minimum Gasteiger partial charge on any atom is -0.496 e. The quantitative estimate of drug-likeness (QED) is 0.615. The summed E-state index contributed by atoms with van der Waals surface area (Å²) < 4.78 is 32.5. The Balaban J connectivity index is 1.56. The van der Waals surface area contributed by atoms with E-state index in [9.17, 15) is 8.42 Å². The van der Waals surface area contributed by atoms with Crippen LogP contribution in [-0.2, 0) is 16.4 Å². The lowest BCUT2D eigenvalue weighted by molar-refractivity contribution is 0.410. The monoisotopic (exact) mass is 389 g/mol. The standard InChI is InChI=1S/C18H19N3O3S2/c1-24-16-6-3-2-5-14(16)10-11-19-17-9-8-15(13-20-17)21-26(22,23)18-7-4-12-25-18/h2-9,12-13,21H,10-11H2,1H3,(H,19,20). The van der Waals surface area contributed by atoms with Gasteiger partial charge < -0.3 is 10.1 Å². The summed E-state index contributed by atoms with van der Waals surface area (Å²) in [4.78, 5) is 4.25. The minimum atomic E-state index is -3.55. The summed E-state index contributed by atoms with van der Waals surface area (Å²) >= 11 is 1.17. The van der Waals surface area contributed by atoms with Gasteiger partial charge >= 0.3 is 0 Å². The van der Waals surface area contributed by atoms with Crippen LogP contribution in [0.1, 0.15) is 5.56 Å². The van der Waals surface area contributed by atoms with Crippen LogP contribution in [0, 0.1) is 0 Å². The lowest BCUT2D eigenvalue weighted by Crippen LogP contribution is -2.12. The predicted octanol–water partition coefficient (Wildman–Crippen LogP) is 3.61. The SMILES string of the molecule is COc1ccccc1CCNc1ccc(NS(=O)(=O)c2cccs2)cn1. The second kappa shape index (κ2) is 8.20. The van der Waals surface area contributed by atoms with E-state index in [0.717, 1.165) is 17.7 Å². The summed E-state index contributed by atoms with van der Waals surface area (Å²) in [5.41, 5.74) is 1.54. The molecule has 8 heteroatoms. The molecule has 2 N–H and O–H groups in total. The molecule has 3 aromatic rings. The molecule has 0 bridgehead atoms. The van der Waals surface area contributed by atoms with Gasteiger partial charge in [-0.05, 0) is 41.6 Å². The molecule has 0 amide bonds. The largest absolute Gasteiger partial charge is 0.496 e. The molecule has 0 unspecified atom stereocenters. The number of rotatable bonds is 8. The number of sulfonamides is 1. The Hall–Kier alpha value is -2.58. The molecule has 3 rings (SSSR count). The van der Waals surface area contributed by atoms with Gasteiger partial charge in [-0.3, -0.25) is 4.72 Å². The van der Waals surface area contributed by atoms with Crippen molar-refractivity contribution >= 4 is 32.9 Å². The Kier molecular flexibility index (Phi) is 5.75. The van der Waals surface area contributed by atoms with Gasteiger partial charge in [-0.25, -0.2) is 13.4 Å². The second-order valence-corrected chi connectivity index (χ2v) is 8.32. The van der Waals surface area contributed by atoms with Crippen LogP contribution in [0.15, 0.2) is 64.3 Å². The number of hydrogen-bond acceptors (Lipinski definition) is 6. The lowest BCUT2D eigenvalue weighted by Gasteiger charge is -2.10. The lowest BCUT2D eigenvalue weighted by atomic mass is 10.1. The molecule has 6 nitrogen and oxygen atoms in total. The van der Waals surface area contributed by atoms with E-state index in [4.69, 9.17) is 4.74 Å². The number of nitrogens with zero attached hydrogens (tertiary/aromatic N) is 1. The van der Waals surface area contributed by atoms with Crippen LogP contribution in [0.25, 0.3) is 0 Å². The summed E-state index contributed by atoms with van der Waals surface area (Å²) in [7, 11) is -1.89. The minimum absolute atomic E-state index is 0.275. The van der Waals surface area contributed by atoms with Crippen LogP contribution in [0.4, 0.5) is 11.5 Å². The molecule has 26 heavy (non-hydrogen) atoms. The van der Waals surface area contributed by atoms with E-state index in [-0.39, 0.29) is 4.21 Å². The fourth-order valence-corrected chi connectivity index (χ4v) is 4.45. The van der Waals surface area contributed by atoms with Gasteiger partial charge in [-0.1, -0.05) is 24.3 Å². The third-order valence-corrected chi connectivity index (χ3v) is 6.45. The zero-order chi connectivity index (χ0) is 18.4. The van der Waals surface area contributed by atoms with Crippen molar-refractivity contribution in [2.75, 3.05) is 23.7 Å². The van der Waals surface area contributed by atoms with Gasteiger partial charge in [0.25, 0.3) is 10.0 Å². The number of para-hydroxylation sites is 1. The van der Waals surface area contributed by atoms with Crippen LogP contribution < -0.4 is 14.8 Å². The highest BCUT2D eigenvalue weighted by Crippen LogP contribution is 2.21. The number of thiophene rings is 1. The van der Waals surface area contributed by atoms with Crippen molar-refractivity contribution in [2.45, 2.75) is 10.6 Å². The third kappa shape index (κ3) is 4.53. The molecule has 0 saturated carbocycles. The molecule has 0 aliphatic heterocycles. The maximum absolute atomic E-state index is 12.2. The van der Waals surface area contributed by atoms with E-state index in [1.807, 2.05) is 24.3 Å². The first-order valence-corrected chi connectivity index (χ1v) is 10.3. The molecule has 0 spiro atoms. The number of aromatic nitrogens is 1. The average Bonchev–Trinajstić information content (AvgIpc) is 3.19. The number of methoxy groups -OCH3 is 1. The van der Waals surface area contributed by atoms with Gasteiger partial charge in [0.1, 0.15) is 15.8 Å². The van der Waals surface area contributed by atoms with Crippen LogP contribution in [0.3, 0.4) is 0 Å². The highest BCUT2D eigenvalue weighted by atomic mass is 32.2. The molecular weight excluding hydrogens is 370 g/mol. The van der Waals surface area contributed by atoms with Gasteiger partial charge in [0.15, 0.2) is 0 Å². The zero-order valence-corrected chi connectivity index (χ0v) is 15.8. The molecule has 0 aliphatic carbocycles. The van der Waals surface area contributed by atoms with E-state index in [2.05, 4.69) is 15.0 Å². The molecule has 2 heterocycles. The maximum Gasteiger partial charge on any atom is 0.271 e. The Bertz CT molecular complexity index is 940. The molecular formula is C18H19N3O3S2. The van der Waals surface area contributed by atoms with E-state index < -0.39 is 10.0 Å². The van der Waals surface area contributed by atoms with Crippen molar-refractivity contribution in [3.05, 3.63) is 65.7 Å². The van der Waals surface area contributed by atoms with E-state index >= 15 is 0 Å². The second-order valence-electron chi connectivity index (χ2n) is 5.46. The Labute approximate surface area is 156 Å². The molecule has 2 aromatic heterocycles. The summed E-state index contributed by atoms with van der Waals surface area (Å²) in [6.45, 7) is 0.688. The number of benzene rings is 1. The van der Waals surface area contributed by atoms with Crippen molar-refractivity contribution < 1.29 is 13.2 Å². The number of ether oxygens (including phenoxy) is 1. The van der Waals surface area contributed by atoms with Crippen molar-refractivity contribution in [1.82, 2.24) is 4.98 Å². The summed E-state index contributed by atoms with van der Waals surface area (Å²) in [6.07, 6.45) is 2.29. The normalized spacial score (nSPS) is 11.1. The van der Waals surface area contributed by atoms with Crippen molar-refractivity contribution in [1.29, 1.82) is 0 Å². The molecule has 0 atom stereocenters. The first-order valence-electron chi connectivity index (χ1n) is 7.96. The topological polar surface area (TPSA) is 80.3 Å². The van der Waals surface area contributed by atoms with Crippen molar-refractivity contribution in [2.24, 2.45) is 0 Å². The fourth-order valence-electron chi connectivity index (χ4n) is 2.42. The molecule has 0 radical (unpaired) electrons. The van der Waals surface area contributed by atoms with E-state index in [0.29, 0.717) is 18.1 Å². The molecule has 0 fully saturated rings. The Morgan fingerprint density at radius 2 is 1.96 bits per heavy atom. The zero-order valence-electron chi connectivity index (χ0n) is 14.2. The van der Waals surface area contributed by atoms with Crippen LogP contribution >= 0.6 is 11.3 Å². The Morgan fingerprint density at radius 1 is 1.12 bits per heavy atom. The summed E-state index contributed by atoms with van der Waals surface area (Å²) in [5.74, 6) is 1.54. The fraction of sp³-hybridized carbons (Fsp3) is 0.167. The third-order valence-electron chi connectivity index (χ3n) is 3.67. The van der Waals surface area contributed by atoms with E-state index in [1.54, 1.807) is 36.8 Å². The predicted molar refractivity (Wildman–Crippen MR) is 105 cm³/mol. The van der Waals surface area contributed by atoms with Gasteiger partial charge in [0, 0.05) is 6.54 Å². The number of anilines is 2. The number of hydrogen-bond donors (Lipinski definition) is 2. The molecule has 1 aromatic carbocycles.